The van der Waals surface area contributed by atoms with Crippen LogP contribution in [0.5, 0.6) is 0 Å². The Labute approximate surface area is 184 Å². The summed E-state index contributed by atoms with van der Waals surface area (Å²) in [4.78, 5) is 37.1. The van der Waals surface area contributed by atoms with Crippen molar-refractivity contribution in [1.29, 1.82) is 0 Å². The van der Waals surface area contributed by atoms with Gasteiger partial charge in [0.2, 0.25) is 6.10 Å². The van der Waals surface area contributed by atoms with Gasteiger partial charge < -0.3 is 10.1 Å². The number of ether oxygens (including phenoxy) is 1. The molecule has 0 spiro atoms. The number of nitrogens with one attached hydrogen (secondary N) is 1. The number of nitrogens with zero attached hydrogens (tertiary/aromatic N) is 1. The Morgan fingerprint density at radius 3 is 2.42 bits per heavy atom. The van der Waals surface area contributed by atoms with E-state index < -0.39 is 22.9 Å². The van der Waals surface area contributed by atoms with Crippen molar-refractivity contribution in [2.45, 2.75) is 44.2 Å². The zero-order valence-electron chi connectivity index (χ0n) is 16.7. The van der Waals surface area contributed by atoms with E-state index in [9.17, 15) is 19.7 Å². The second-order valence-electron chi connectivity index (χ2n) is 7.70. The molecule has 31 heavy (non-hydrogen) atoms. The van der Waals surface area contributed by atoms with Gasteiger partial charge in [0.1, 0.15) is 0 Å². The summed E-state index contributed by atoms with van der Waals surface area (Å²) in [6, 6.07) is 12.6. The van der Waals surface area contributed by atoms with Crippen LogP contribution in [0.15, 0.2) is 48.5 Å². The number of nitro benzene ring substituents is 1. The van der Waals surface area contributed by atoms with E-state index in [0.29, 0.717) is 16.2 Å². The summed E-state index contributed by atoms with van der Waals surface area (Å²) in [5.74, 6) is -1.18. The fourth-order valence-electron chi connectivity index (χ4n) is 4.20. The Kier molecular flexibility index (Phi) is 6.04. The summed E-state index contributed by atoms with van der Waals surface area (Å²) in [5.41, 5.74) is 0.777. The average Bonchev–Trinajstić information content (AvgIpc) is 3.12. The van der Waals surface area contributed by atoms with Crippen LogP contribution >= 0.6 is 11.6 Å². The maximum absolute atomic E-state index is 13.1. The quantitative estimate of drug-likeness (QED) is 0.418. The largest absolute Gasteiger partial charge is 0.444 e. The monoisotopic (exact) mass is 440 g/mol. The van der Waals surface area contributed by atoms with Gasteiger partial charge in [0.25, 0.3) is 11.6 Å². The summed E-state index contributed by atoms with van der Waals surface area (Å²) < 4.78 is 5.48. The lowest BCUT2D eigenvalue weighted by Crippen LogP contribution is -2.43. The molecule has 1 unspecified atom stereocenters. The van der Waals surface area contributed by atoms with Gasteiger partial charge in [0.15, 0.2) is 0 Å². The number of halogens is 1. The maximum Gasteiger partial charge on any atom is 0.340 e. The molecule has 1 heterocycles. The van der Waals surface area contributed by atoms with Gasteiger partial charge in [-0.1, -0.05) is 55.1 Å². The first-order chi connectivity index (χ1) is 15.0. The number of esters is 1. The molecular formula is C23H21ClN2O5. The third-order valence-electron chi connectivity index (χ3n) is 5.68. The number of hydrogen-bond acceptors (Lipinski definition) is 5. The first-order valence-electron chi connectivity index (χ1n) is 10.2. The van der Waals surface area contributed by atoms with Crippen LogP contribution in [0.3, 0.4) is 0 Å². The van der Waals surface area contributed by atoms with Crippen molar-refractivity contribution in [2.75, 3.05) is 0 Å². The van der Waals surface area contributed by atoms with E-state index in [-0.39, 0.29) is 22.9 Å². The van der Waals surface area contributed by atoms with Gasteiger partial charge in [-0.05, 0) is 36.6 Å². The molecule has 0 radical (unpaired) electrons. The molecule has 1 aliphatic carbocycles. The zero-order valence-corrected chi connectivity index (χ0v) is 17.4. The van der Waals surface area contributed by atoms with Gasteiger partial charge in [-0.15, -0.1) is 0 Å². The van der Waals surface area contributed by atoms with Crippen molar-refractivity contribution in [3.8, 4) is 0 Å². The molecule has 1 amide bonds. The van der Waals surface area contributed by atoms with Crippen molar-refractivity contribution in [1.82, 2.24) is 5.32 Å². The predicted octanol–water partition coefficient (Wildman–Crippen LogP) is 4.53. The van der Waals surface area contributed by atoms with Crippen molar-refractivity contribution < 1.29 is 19.2 Å². The summed E-state index contributed by atoms with van der Waals surface area (Å²) in [6.07, 6.45) is 3.79. The van der Waals surface area contributed by atoms with E-state index in [2.05, 4.69) is 5.32 Å². The van der Waals surface area contributed by atoms with Crippen LogP contribution in [0.25, 0.3) is 11.1 Å². The second-order valence-corrected chi connectivity index (χ2v) is 8.14. The molecular weight excluding hydrogens is 420 g/mol. The van der Waals surface area contributed by atoms with Crippen molar-refractivity contribution >= 4 is 40.3 Å². The van der Waals surface area contributed by atoms with Crippen molar-refractivity contribution in [3.05, 3.63) is 74.8 Å². The molecule has 160 valence electrons. The highest BCUT2D eigenvalue weighted by atomic mass is 35.5. The zero-order chi connectivity index (χ0) is 22.0. The average molecular weight is 441 g/mol. The Morgan fingerprint density at radius 2 is 1.74 bits per heavy atom. The predicted molar refractivity (Wildman–Crippen MR) is 116 cm³/mol. The molecule has 0 saturated heterocycles. The van der Waals surface area contributed by atoms with Gasteiger partial charge in [-0.25, -0.2) is 4.79 Å². The number of hydrogen-bond donors (Lipinski definition) is 1. The Morgan fingerprint density at radius 1 is 1.06 bits per heavy atom. The minimum absolute atomic E-state index is 0.0263. The lowest BCUT2D eigenvalue weighted by atomic mass is 9.91. The van der Waals surface area contributed by atoms with Crippen molar-refractivity contribution in [2.24, 2.45) is 0 Å². The third-order valence-corrected chi connectivity index (χ3v) is 5.93. The molecule has 2 aromatic carbocycles. The number of amides is 1. The Hall–Kier alpha value is -3.19. The SMILES string of the molecule is O=C1OC(C(=O)NC2CCCCC2)C(c2ccc(Cl)cc2)=C1c1ccccc1[N+](=O)[O-]. The summed E-state index contributed by atoms with van der Waals surface area (Å²) in [5, 5.41) is 15.1. The fourth-order valence-corrected chi connectivity index (χ4v) is 4.32. The molecule has 8 heteroatoms. The lowest BCUT2D eigenvalue weighted by Gasteiger charge is -2.24. The highest BCUT2D eigenvalue weighted by Gasteiger charge is 2.42. The fraction of sp³-hybridized carbons (Fsp3) is 0.304. The van der Waals surface area contributed by atoms with Crippen LogP contribution in [-0.2, 0) is 14.3 Å². The standard InChI is InChI=1S/C23H21ClN2O5/c24-15-12-10-14(11-13-15)19-20(17-8-4-5-9-18(17)26(29)30)23(28)31-21(19)22(27)25-16-6-2-1-3-7-16/h4-5,8-13,16,21H,1-3,6-7H2,(H,25,27). The van der Waals surface area contributed by atoms with E-state index in [1.54, 1.807) is 30.3 Å². The number of carbonyl (C=O) groups is 2. The highest BCUT2D eigenvalue weighted by molar-refractivity contribution is 6.32. The molecule has 0 aromatic heterocycles. The van der Waals surface area contributed by atoms with Crippen LogP contribution in [0.2, 0.25) is 5.02 Å². The van der Waals surface area contributed by atoms with Gasteiger partial charge in [-0.2, -0.15) is 0 Å². The van der Waals surface area contributed by atoms with Crippen LogP contribution in [0.4, 0.5) is 5.69 Å². The second kappa shape index (κ2) is 8.89. The van der Waals surface area contributed by atoms with E-state index in [0.717, 1.165) is 32.1 Å². The van der Waals surface area contributed by atoms with Gasteiger partial charge in [-0.3, -0.25) is 14.9 Å². The molecule has 1 N–H and O–H groups in total. The number of para-hydroxylation sites is 1. The molecule has 1 saturated carbocycles. The van der Waals surface area contributed by atoms with Crippen LogP contribution in [0.1, 0.15) is 43.2 Å². The van der Waals surface area contributed by atoms with E-state index >= 15 is 0 Å². The molecule has 2 aliphatic rings. The number of nitro groups is 1. The van der Waals surface area contributed by atoms with Gasteiger partial charge in [0, 0.05) is 22.7 Å². The smallest absolute Gasteiger partial charge is 0.340 e. The van der Waals surface area contributed by atoms with E-state index in [1.165, 1.54) is 18.2 Å². The summed E-state index contributed by atoms with van der Waals surface area (Å²) >= 11 is 6.01. The molecule has 4 rings (SSSR count). The third kappa shape index (κ3) is 4.32. The molecule has 1 fully saturated rings. The summed E-state index contributed by atoms with van der Waals surface area (Å²) in [6.45, 7) is 0. The van der Waals surface area contributed by atoms with Crippen LogP contribution < -0.4 is 5.32 Å². The highest BCUT2D eigenvalue weighted by Crippen LogP contribution is 2.41. The maximum atomic E-state index is 13.1. The molecule has 1 atom stereocenters. The molecule has 7 nitrogen and oxygen atoms in total. The number of carbonyl (C=O) groups excluding carboxylic acids is 2. The van der Waals surface area contributed by atoms with Gasteiger partial charge in [0.05, 0.1) is 16.1 Å². The first-order valence-corrected chi connectivity index (χ1v) is 10.6. The molecule has 1 aliphatic heterocycles. The Balaban J connectivity index is 1.81. The number of benzene rings is 2. The van der Waals surface area contributed by atoms with Gasteiger partial charge >= 0.3 is 5.97 Å². The van der Waals surface area contributed by atoms with E-state index in [1.807, 2.05) is 0 Å². The lowest BCUT2D eigenvalue weighted by molar-refractivity contribution is -0.385. The Bertz CT molecular complexity index is 1060. The van der Waals surface area contributed by atoms with Crippen molar-refractivity contribution in [3.63, 3.8) is 0 Å². The molecule has 0 bridgehead atoms. The first kappa shape index (κ1) is 21.1. The van der Waals surface area contributed by atoms with Crippen LogP contribution in [0, 0.1) is 10.1 Å². The normalized spacial score (nSPS) is 19.3. The van der Waals surface area contributed by atoms with E-state index in [4.69, 9.17) is 16.3 Å². The number of cyclic esters (lactones) is 1. The van der Waals surface area contributed by atoms with Crippen LogP contribution in [-0.4, -0.2) is 28.9 Å². The molecule has 2 aromatic rings. The topological polar surface area (TPSA) is 98.5 Å². The summed E-state index contributed by atoms with van der Waals surface area (Å²) in [7, 11) is 0. The minimum Gasteiger partial charge on any atom is -0.444 e. The minimum atomic E-state index is -1.19. The number of rotatable bonds is 5.